The van der Waals surface area contributed by atoms with Crippen molar-refractivity contribution in [2.45, 2.75) is 12.7 Å². The molecule has 0 atom stereocenters. The van der Waals surface area contributed by atoms with Crippen molar-refractivity contribution in [3.8, 4) is 0 Å². The minimum absolute atomic E-state index is 0.243. The Kier molecular flexibility index (Phi) is 3.12. The molecule has 3 nitrogen and oxygen atoms in total. The lowest BCUT2D eigenvalue weighted by atomic mass is 10.1. The van der Waals surface area contributed by atoms with Crippen molar-refractivity contribution in [1.82, 2.24) is 14.8 Å². The maximum absolute atomic E-state index is 13.5. The van der Waals surface area contributed by atoms with Gasteiger partial charge in [0, 0.05) is 0 Å². The average Bonchev–Trinajstić information content (AvgIpc) is 2.83. The number of halogens is 4. The molecule has 108 valence electrons. The third kappa shape index (κ3) is 2.58. The van der Waals surface area contributed by atoms with Crippen LogP contribution in [0.3, 0.4) is 0 Å². The molecule has 21 heavy (non-hydrogen) atoms. The van der Waals surface area contributed by atoms with E-state index in [9.17, 15) is 17.6 Å². The Morgan fingerprint density at radius 3 is 2.38 bits per heavy atom. The lowest BCUT2D eigenvalue weighted by Crippen LogP contribution is -2.06. The van der Waals surface area contributed by atoms with E-state index < -0.39 is 17.6 Å². The fourth-order valence-corrected chi connectivity index (χ4v) is 2.06. The van der Waals surface area contributed by atoms with E-state index in [2.05, 4.69) is 10.1 Å². The molecule has 1 aromatic carbocycles. The molecule has 0 saturated carbocycles. The molecule has 0 spiro atoms. The van der Waals surface area contributed by atoms with Gasteiger partial charge in [0.15, 0.2) is 5.82 Å². The van der Waals surface area contributed by atoms with Crippen LogP contribution in [0.4, 0.5) is 17.6 Å². The molecular formula is C14H9F4N3. The standard InChI is InChI=1S/C14H9F4N3/c15-12-6-19-7-13-11(12)5-20-21(13)8-9-1-3-10(4-2-9)14(16,17)18/h1-7H,8H2. The number of nitrogens with zero attached hydrogens (tertiary/aromatic N) is 3. The van der Waals surface area contributed by atoms with Gasteiger partial charge >= 0.3 is 6.18 Å². The lowest BCUT2D eigenvalue weighted by molar-refractivity contribution is -0.137. The molecule has 0 unspecified atom stereocenters. The molecule has 0 aliphatic rings. The summed E-state index contributed by atoms with van der Waals surface area (Å²) in [4.78, 5) is 3.75. The zero-order valence-electron chi connectivity index (χ0n) is 10.6. The van der Waals surface area contributed by atoms with Gasteiger partial charge in [-0.05, 0) is 17.7 Å². The highest BCUT2D eigenvalue weighted by molar-refractivity contribution is 5.78. The summed E-state index contributed by atoms with van der Waals surface area (Å²) in [7, 11) is 0. The van der Waals surface area contributed by atoms with Gasteiger partial charge in [0.25, 0.3) is 0 Å². The Labute approximate surface area is 116 Å². The Balaban J connectivity index is 1.90. The number of fused-ring (bicyclic) bond motifs is 1. The summed E-state index contributed by atoms with van der Waals surface area (Å²) in [5, 5.41) is 4.37. The Hall–Kier alpha value is -2.44. The van der Waals surface area contributed by atoms with E-state index in [1.54, 1.807) is 0 Å². The van der Waals surface area contributed by atoms with Gasteiger partial charge in [-0.15, -0.1) is 0 Å². The first kappa shape index (κ1) is 13.5. The number of hydrogen-bond donors (Lipinski definition) is 0. The van der Waals surface area contributed by atoms with Crippen LogP contribution in [0.15, 0.2) is 42.9 Å². The molecule has 0 saturated heterocycles. The molecule has 0 aliphatic carbocycles. The van der Waals surface area contributed by atoms with E-state index in [1.807, 2.05) is 0 Å². The average molecular weight is 295 g/mol. The predicted molar refractivity (Wildman–Crippen MR) is 68.0 cm³/mol. The summed E-state index contributed by atoms with van der Waals surface area (Å²) in [6.45, 7) is 0.243. The SMILES string of the molecule is Fc1cncc2c1cnn2Cc1ccc(C(F)(F)F)cc1. The van der Waals surface area contributed by atoms with Gasteiger partial charge in [0.2, 0.25) is 0 Å². The van der Waals surface area contributed by atoms with Crippen LogP contribution in [0.1, 0.15) is 11.1 Å². The van der Waals surface area contributed by atoms with E-state index >= 15 is 0 Å². The van der Waals surface area contributed by atoms with Crippen molar-refractivity contribution in [3.63, 3.8) is 0 Å². The van der Waals surface area contributed by atoms with Crippen molar-refractivity contribution in [2.75, 3.05) is 0 Å². The van der Waals surface area contributed by atoms with Gasteiger partial charge in [-0.1, -0.05) is 12.1 Å². The third-order valence-corrected chi connectivity index (χ3v) is 3.14. The van der Waals surface area contributed by atoms with Gasteiger partial charge in [-0.25, -0.2) is 4.39 Å². The summed E-state index contributed by atoms with van der Waals surface area (Å²) < 4.78 is 52.4. The number of benzene rings is 1. The smallest absolute Gasteiger partial charge is 0.259 e. The summed E-state index contributed by atoms with van der Waals surface area (Å²) in [5.41, 5.74) is 0.427. The molecule has 0 radical (unpaired) electrons. The summed E-state index contributed by atoms with van der Waals surface area (Å²) in [6, 6.07) is 4.78. The molecule has 2 heterocycles. The molecule has 0 N–H and O–H groups in total. The van der Waals surface area contributed by atoms with Crippen LogP contribution < -0.4 is 0 Å². The molecule has 0 bridgehead atoms. The summed E-state index contributed by atoms with van der Waals surface area (Å²) in [6.07, 6.45) is -0.428. The van der Waals surface area contributed by atoms with Crippen molar-refractivity contribution in [1.29, 1.82) is 0 Å². The second-order valence-electron chi connectivity index (χ2n) is 4.55. The van der Waals surface area contributed by atoms with Crippen LogP contribution in [0, 0.1) is 5.82 Å². The molecule has 0 amide bonds. The molecule has 3 aromatic rings. The zero-order valence-corrected chi connectivity index (χ0v) is 10.6. The molecule has 0 fully saturated rings. The fourth-order valence-electron chi connectivity index (χ4n) is 2.06. The van der Waals surface area contributed by atoms with Crippen LogP contribution >= 0.6 is 0 Å². The highest BCUT2D eigenvalue weighted by atomic mass is 19.4. The maximum atomic E-state index is 13.5. The topological polar surface area (TPSA) is 30.7 Å². The van der Waals surface area contributed by atoms with E-state index in [0.29, 0.717) is 16.5 Å². The minimum atomic E-state index is -4.36. The number of rotatable bonds is 2. The van der Waals surface area contributed by atoms with Crippen LogP contribution in [-0.2, 0) is 12.7 Å². The maximum Gasteiger partial charge on any atom is 0.416 e. The van der Waals surface area contributed by atoms with Gasteiger partial charge in [-0.3, -0.25) is 9.67 Å². The van der Waals surface area contributed by atoms with Gasteiger partial charge < -0.3 is 0 Å². The Bertz CT molecular complexity index is 775. The first-order valence-electron chi connectivity index (χ1n) is 6.06. The van der Waals surface area contributed by atoms with E-state index in [4.69, 9.17) is 0 Å². The highest BCUT2D eigenvalue weighted by Crippen LogP contribution is 2.29. The third-order valence-electron chi connectivity index (χ3n) is 3.14. The predicted octanol–water partition coefficient (Wildman–Crippen LogP) is 3.64. The normalized spacial score (nSPS) is 12.0. The zero-order chi connectivity index (χ0) is 15.0. The second kappa shape index (κ2) is 4.83. The van der Waals surface area contributed by atoms with Gasteiger partial charge in [-0.2, -0.15) is 18.3 Å². The van der Waals surface area contributed by atoms with E-state index in [1.165, 1.54) is 29.2 Å². The molecule has 3 rings (SSSR count). The van der Waals surface area contributed by atoms with Crippen LogP contribution in [-0.4, -0.2) is 14.8 Å². The van der Waals surface area contributed by atoms with Gasteiger partial charge in [0.05, 0.1) is 41.6 Å². The molecular weight excluding hydrogens is 286 g/mol. The number of pyridine rings is 1. The fraction of sp³-hybridized carbons (Fsp3) is 0.143. The van der Waals surface area contributed by atoms with Crippen molar-refractivity contribution in [3.05, 3.63) is 59.8 Å². The van der Waals surface area contributed by atoms with Crippen LogP contribution in [0.5, 0.6) is 0 Å². The molecule has 2 aromatic heterocycles. The first-order valence-corrected chi connectivity index (χ1v) is 6.06. The second-order valence-corrected chi connectivity index (χ2v) is 4.55. The number of aromatic nitrogens is 3. The van der Waals surface area contributed by atoms with Gasteiger partial charge in [0.1, 0.15) is 0 Å². The summed E-state index contributed by atoms with van der Waals surface area (Å²) >= 11 is 0. The van der Waals surface area contributed by atoms with E-state index in [-0.39, 0.29) is 6.54 Å². The van der Waals surface area contributed by atoms with Crippen molar-refractivity contribution in [2.24, 2.45) is 0 Å². The Morgan fingerprint density at radius 2 is 1.71 bits per heavy atom. The minimum Gasteiger partial charge on any atom is -0.259 e. The molecule has 0 aliphatic heterocycles. The lowest BCUT2D eigenvalue weighted by Gasteiger charge is -2.08. The van der Waals surface area contributed by atoms with Crippen molar-refractivity contribution >= 4 is 10.9 Å². The summed E-state index contributed by atoms with van der Waals surface area (Å²) in [5.74, 6) is -0.480. The Morgan fingerprint density at radius 1 is 1.00 bits per heavy atom. The quantitative estimate of drug-likeness (QED) is 0.676. The van der Waals surface area contributed by atoms with Crippen LogP contribution in [0.2, 0.25) is 0 Å². The van der Waals surface area contributed by atoms with Crippen LogP contribution in [0.25, 0.3) is 10.9 Å². The highest BCUT2D eigenvalue weighted by Gasteiger charge is 2.29. The first-order chi connectivity index (χ1) is 9.95. The van der Waals surface area contributed by atoms with E-state index in [0.717, 1.165) is 18.3 Å². The number of alkyl halides is 3. The largest absolute Gasteiger partial charge is 0.416 e. The molecule has 7 heteroatoms. The number of hydrogen-bond acceptors (Lipinski definition) is 2. The van der Waals surface area contributed by atoms with Crippen molar-refractivity contribution < 1.29 is 17.6 Å². The monoisotopic (exact) mass is 295 g/mol.